The Morgan fingerprint density at radius 3 is 2.33 bits per heavy atom. The molecule has 1 nitrogen and oxygen atoms in total. The van der Waals surface area contributed by atoms with Gasteiger partial charge in [-0.1, -0.05) is 0 Å². The van der Waals surface area contributed by atoms with Crippen LogP contribution in [0.3, 0.4) is 0 Å². The van der Waals surface area contributed by atoms with Crippen LogP contribution >= 0.6 is 11.3 Å². The molecule has 0 fully saturated rings. The first-order valence-electron chi connectivity index (χ1n) is 2.97. The number of halogens is 4. The lowest BCUT2D eigenvalue weighted by atomic mass is 10.1. The first-order chi connectivity index (χ1) is 5.41. The molecule has 0 aliphatic carbocycles. The zero-order chi connectivity index (χ0) is 9.35. The van der Waals surface area contributed by atoms with Crippen LogP contribution < -0.4 is 5.73 Å². The van der Waals surface area contributed by atoms with Gasteiger partial charge >= 0.3 is 6.18 Å². The highest BCUT2D eigenvalue weighted by molar-refractivity contribution is 7.08. The largest absolute Gasteiger partial charge is 0.407 e. The van der Waals surface area contributed by atoms with Crippen molar-refractivity contribution in [2.45, 2.75) is 12.2 Å². The molecule has 0 amide bonds. The minimum absolute atomic E-state index is 0.231. The van der Waals surface area contributed by atoms with Gasteiger partial charge in [0.15, 0.2) is 5.13 Å². The van der Waals surface area contributed by atoms with Crippen molar-refractivity contribution >= 4 is 11.3 Å². The van der Waals surface area contributed by atoms with Gasteiger partial charge in [-0.25, -0.2) is 0 Å². The SMILES string of the molecule is N[C@H](c1csc(F)c1)C(F)(F)F. The fourth-order valence-corrected chi connectivity index (χ4v) is 1.34. The number of alkyl halides is 3. The summed E-state index contributed by atoms with van der Waals surface area (Å²) in [6, 6.07) is -1.29. The molecule has 0 unspecified atom stereocenters. The van der Waals surface area contributed by atoms with Gasteiger partial charge in [0.1, 0.15) is 6.04 Å². The van der Waals surface area contributed by atoms with Gasteiger partial charge in [0.25, 0.3) is 0 Å². The van der Waals surface area contributed by atoms with Crippen molar-refractivity contribution < 1.29 is 17.6 Å². The van der Waals surface area contributed by atoms with E-state index in [1.807, 2.05) is 0 Å². The highest BCUT2D eigenvalue weighted by atomic mass is 32.1. The summed E-state index contributed by atoms with van der Waals surface area (Å²) >= 11 is 0.602. The second-order valence-electron chi connectivity index (χ2n) is 2.20. The second-order valence-corrected chi connectivity index (χ2v) is 3.06. The average molecular weight is 199 g/mol. The van der Waals surface area contributed by atoms with Crippen LogP contribution in [0.25, 0.3) is 0 Å². The van der Waals surface area contributed by atoms with E-state index in [4.69, 9.17) is 5.73 Å². The van der Waals surface area contributed by atoms with Crippen molar-refractivity contribution in [2.75, 3.05) is 0 Å². The molecule has 1 atom stereocenters. The summed E-state index contributed by atoms with van der Waals surface area (Å²) in [6.45, 7) is 0. The fourth-order valence-electron chi connectivity index (χ4n) is 0.675. The van der Waals surface area contributed by atoms with Crippen LogP contribution in [0.5, 0.6) is 0 Å². The van der Waals surface area contributed by atoms with Gasteiger partial charge in [0, 0.05) is 0 Å². The molecule has 0 saturated carbocycles. The van der Waals surface area contributed by atoms with Crippen LogP contribution in [0.1, 0.15) is 11.6 Å². The molecule has 1 heterocycles. The number of thiophene rings is 1. The Balaban J connectivity index is 2.85. The van der Waals surface area contributed by atoms with Crippen molar-refractivity contribution in [2.24, 2.45) is 5.73 Å². The third-order valence-electron chi connectivity index (χ3n) is 1.30. The van der Waals surface area contributed by atoms with Crippen molar-refractivity contribution in [1.29, 1.82) is 0 Å². The van der Waals surface area contributed by atoms with E-state index in [0.29, 0.717) is 11.3 Å². The number of hydrogen-bond acceptors (Lipinski definition) is 2. The summed E-state index contributed by atoms with van der Waals surface area (Å²) in [5.41, 5.74) is 4.57. The number of rotatable bonds is 1. The average Bonchev–Trinajstić information content (AvgIpc) is 2.32. The molecule has 1 aromatic rings. The third-order valence-corrected chi connectivity index (χ3v) is 2.03. The van der Waals surface area contributed by atoms with Crippen molar-refractivity contribution in [1.82, 2.24) is 0 Å². The van der Waals surface area contributed by atoms with Crippen molar-refractivity contribution in [3.05, 3.63) is 22.1 Å². The van der Waals surface area contributed by atoms with Crippen LogP contribution in [-0.2, 0) is 0 Å². The molecule has 1 aromatic heterocycles. The number of nitrogens with two attached hydrogens (primary N) is 1. The molecule has 68 valence electrons. The van der Waals surface area contributed by atoms with E-state index in [1.54, 1.807) is 0 Å². The molecule has 0 radical (unpaired) electrons. The van der Waals surface area contributed by atoms with E-state index < -0.39 is 17.3 Å². The van der Waals surface area contributed by atoms with Gasteiger partial charge in [0.05, 0.1) is 0 Å². The molecule has 0 aliphatic heterocycles. The molecule has 0 aromatic carbocycles. The molecule has 1 rings (SSSR count). The molecule has 12 heavy (non-hydrogen) atoms. The van der Waals surface area contributed by atoms with Crippen molar-refractivity contribution in [3.63, 3.8) is 0 Å². The molecule has 0 spiro atoms. The zero-order valence-electron chi connectivity index (χ0n) is 5.73. The predicted octanol–water partition coefficient (Wildman–Crippen LogP) is 2.45. The van der Waals surface area contributed by atoms with E-state index >= 15 is 0 Å². The Kier molecular flexibility index (Phi) is 2.39. The Labute approximate surface area is 69.8 Å². The standard InChI is InChI=1S/C6H5F4NS/c7-4-1-3(2-12-4)5(11)6(8,9)10/h1-2,5H,11H2/t5-/m1/s1. The highest BCUT2D eigenvalue weighted by Crippen LogP contribution is 2.32. The van der Waals surface area contributed by atoms with E-state index in [2.05, 4.69) is 0 Å². The molecule has 0 saturated heterocycles. The zero-order valence-corrected chi connectivity index (χ0v) is 6.55. The van der Waals surface area contributed by atoms with Crippen LogP contribution in [0.4, 0.5) is 17.6 Å². The lowest BCUT2D eigenvalue weighted by Gasteiger charge is -2.13. The van der Waals surface area contributed by atoms with Crippen LogP contribution in [0, 0.1) is 5.13 Å². The Morgan fingerprint density at radius 1 is 1.42 bits per heavy atom. The highest BCUT2D eigenvalue weighted by Gasteiger charge is 2.38. The van der Waals surface area contributed by atoms with Crippen LogP contribution in [0.2, 0.25) is 0 Å². The maximum absolute atomic E-state index is 12.3. The summed E-state index contributed by atoms with van der Waals surface area (Å²) in [5, 5.41) is 0.401. The molecule has 6 heteroatoms. The van der Waals surface area contributed by atoms with Crippen LogP contribution in [0.15, 0.2) is 11.4 Å². The minimum atomic E-state index is -4.51. The fraction of sp³-hybridized carbons (Fsp3) is 0.333. The summed E-state index contributed by atoms with van der Waals surface area (Å²) in [6.07, 6.45) is -4.51. The topological polar surface area (TPSA) is 26.0 Å². The quantitative estimate of drug-likeness (QED) is 0.691. The molecule has 2 N–H and O–H groups in total. The smallest absolute Gasteiger partial charge is 0.316 e. The summed E-state index contributed by atoms with van der Waals surface area (Å²) < 4.78 is 48.0. The number of hydrogen-bond donors (Lipinski definition) is 1. The van der Waals surface area contributed by atoms with Gasteiger partial charge < -0.3 is 5.73 Å². The Morgan fingerprint density at radius 2 is 2.00 bits per heavy atom. The van der Waals surface area contributed by atoms with Gasteiger partial charge in [-0.15, -0.1) is 11.3 Å². The third kappa shape index (κ3) is 1.95. The van der Waals surface area contributed by atoms with E-state index in [9.17, 15) is 17.6 Å². The van der Waals surface area contributed by atoms with Gasteiger partial charge in [-0.3, -0.25) is 0 Å². The maximum Gasteiger partial charge on any atom is 0.407 e. The second kappa shape index (κ2) is 3.02. The minimum Gasteiger partial charge on any atom is -0.316 e. The summed E-state index contributed by atoms with van der Waals surface area (Å²) in [4.78, 5) is 0. The first-order valence-corrected chi connectivity index (χ1v) is 3.85. The normalized spacial score (nSPS) is 14.8. The van der Waals surface area contributed by atoms with E-state index in [1.165, 1.54) is 0 Å². The molecular weight excluding hydrogens is 194 g/mol. The lowest BCUT2D eigenvalue weighted by Crippen LogP contribution is -2.27. The predicted molar refractivity (Wildman–Crippen MR) is 37.3 cm³/mol. The van der Waals surface area contributed by atoms with Crippen LogP contribution in [-0.4, -0.2) is 6.18 Å². The monoisotopic (exact) mass is 199 g/mol. The van der Waals surface area contributed by atoms with Gasteiger partial charge in [-0.2, -0.15) is 17.6 Å². The Bertz CT molecular complexity index is 267. The summed E-state index contributed by atoms with van der Waals surface area (Å²) in [5.74, 6) is 0. The molecule has 0 bridgehead atoms. The molecular formula is C6H5F4NS. The van der Waals surface area contributed by atoms with E-state index in [-0.39, 0.29) is 5.56 Å². The lowest BCUT2D eigenvalue weighted by molar-refractivity contribution is -0.149. The maximum atomic E-state index is 12.3. The summed E-state index contributed by atoms with van der Waals surface area (Å²) in [7, 11) is 0. The molecule has 0 aliphatic rings. The Hall–Kier alpha value is -0.620. The van der Waals surface area contributed by atoms with Gasteiger partial charge in [0.2, 0.25) is 0 Å². The van der Waals surface area contributed by atoms with Gasteiger partial charge in [-0.05, 0) is 17.0 Å². The first kappa shape index (κ1) is 9.47. The van der Waals surface area contributed by atoms with E-state index in [0.717, 1.165) is 11.4 Å². The van der Waals surface area contributed by atoms with Crippen molar-refractivity contribution in [3.8, 4) is 0 Å².